The minimum absolute atomic E-state index is 0.0717. The zero-order chi connectivity index (χ0) is 14.7. The Balaban J connectivity index is 1.84. The topological polar surface area (TPSA) is 135 Å². The second kappa shape index (κ2) is 5.33. The maximum Gasteiger partial charge on any atom is 0.278 e. The first-order valence-corrected chi connectivity index (χ1v) is 5.96. The summed E-state index contributed by atoms with van der Waals surface area (Å²) in [5.74, 6) is 0.0697. The Bertz CT molecular complexity index is 770. The predicted molar refractivity (Wildman–Crippen MR) is 74.0 cm³/mol. The second-order valence-corrected chi connectivity index (χ2v) is 4.06. The largest absolute Gasteiger partial charge is 0.382 e. The summed E-state index contributed by atoms with van der Waals surface area (Å²) in [7, 11) is 0. The SMILES string of the molecule is Nc1nccnc1C(=O)Nc1cccc(-c2nn[nH]n2)c1. The van der Waals surface area contributed by atoms with Gasteiger partial charge in [0.2, 0.25) is 5.82 Å². The normalized spacial score (nSPS) is 10.3. The maximum atomic E-state index is 12.1. The first-order valence-electron chi connectivity index (χ1n) is 5.96. The number of carbonyl (C=O) groups is 1. The van der Waals surface area contributed by atoms with Gasteiger partial charge in [0.1, 0.15) is 0 Å². The zero-order valence-corrected chi connectivity index (χ0v) is 10.7. The molecular weight excluding hydrogens is 272 g/mol. The highest BCUT2D eigenvalue weighted by atomic mass is 16.1. The van der Waals surface area contributed by atoms with E-state index in [1.807, 2.05) is 0 Å². The fourth-order valence-electron chi connectivity index (χ4n) is 1.73. The Hall–Kier alpha value is -3.36. The van der Waals surface area contributed by atoms with Crippen molar-refractivity contribution in [3.05, 3.63) is 42.4 Å². The molecule has 0 aliphatic rings. The standard InChI is InChI=1S/C12H10N8O/c13-10-9(14-4-5-15-10)12(21)16-8-3-1-2-7(6-8)11-17-19-20-18-11/h1-6H,(H2,13,15)(H,16,21)(H,17,18,19,20). The van der Waals surface area contributed by atoms with Crippen LogP contribution in [-0.2, 0) is 0 Å². The van der Waals surface area contributed by atoms with Gasteiger partial charge in [0.05, 0.1) is 0 Å². The van der Waals surface area contributed by atoms with Crippen molar-refractivity contribution in [2.24, 2.45) is 0 Å². The van der Waals surface area contributed by atoms with Gasteiger partial charge in [0, 0.05) is 23.6 Å². The van der Waals surface area contributed by atoms with Crippen molar-refractivity contribution in [2.45, 2.75) is 0 Å². The molecule has 2 aromatic heterocycles. The van der Waals surface area contributed by atoms with Crippen LogP contribution < -0.4 is 11.1 Å². The van der Waals surface area contributed by atoms with Gasteiger partial charge in [-0.3, -0.25) is 4.79 Å². The summed E-state index contributed by atoms with van der Waals surface area (Å²) in [6.45, 7) is 0. The molecule has 0 aliphatic heterocycles. The fourth-order valence-corrected chi connectivity index (χ4v) is 1.73. The van der Waals surface area contributed by atoms with Crippen LogP contribution in [-0.4, -0.2) is 36.5 Å². The van der Waals surface area contributed by atoms with Crippen molar-refractivity contribution in [3.63, 3.8) is 0 Å². The molecule has 4 N–H and O–H groups in total. The summed E-state index contributed by atoms with van der Waals surface area (Å²) in [5.41, 5.74) is 6.97. The van der Waals surface area contributed by atoms with E-state index < -0.39 is 5.91 Å². The highest BCUT2D eigenvalue weighted by Gasteiger charge is 2.12. The highest BCUT2D eigenvalue weighted by molar-refractivity contribution is 6.05. The van der Waals surface area contributed by atoms with Crippen molar-refractivity contribution in [3.8, 4) is 11.4 Å². The number of anilines is 2. The van der Waals surface area contributed by atoms with Crippen LogP contribution >= 0.6 is 0 Å². The first kappa shape index (κ1) is 12.7. The molecule has 9 nitrogen and oxygen atoms in total. The number of rotatable bonds is 3. The smallest absolute Gasteiger partial charge is 0.278 e. The minimum Gasteiger partial charge on any atom is -0.382 e. The van der Waals surface area contributed by atoms with Crippen LogP contribution in [0.5, 0.6) is 0 Å². The van der Waals surface area contributed by atoms with Crippen molar-refractivity contribution in [1.82, 2.24) is 30.6 Å². The molecule has 0 fully saturated rings. The molecule has 3 aromatic rings. The molecule has 0 aliphatic carbocycles. The summed E-state index contributed by atoms with van der Waals surface area (Å²) in [5, 5.41) is 16.3. The summed E-state index contributed by atoms with van der Waals surface area (Å²) in [6.07, 6.45) is 2.82. The van der Waals surface area contributed by atoms with Crippen LogP contribution in [0.3, 0.4) is 0 Å². The molecule has 0 saturated heterocycles. The number of nitrogen functional groups attached to an aromatic ring is 1. The van der Waals surface area contributed by atoms with E-state index in [9.17, 15) is 4.79 Å². The lowest BCUT2D eigenvalue weighted by molar-refractivity contribution is 0.102. The summed E-state index contributed by atoms with van der Waals surface area (Å²) in [6, 6.07) is 7.02. The Morgan fingerprint density at radius 3 is 2.86 bits per heavy atom. The maximum absolute atomic E-state index is 12.1. The lowest BCUT2D eigenvalue weighted by Crippen LogP contribution is -2.16. The average molecular weight is 282 g/mol. The van der Waals surface area contributed by atoms with Crippen LogP contribution in [0, 0.1) is 0 Å². The van der Waals surface area contributed by atoms with Gasteiger partial charge >= 0.3 is 0 Å². The van der Waals surface area contributed by atoms with E-state index in [1.54, 1.807) is 24.3 Å². The minimum atomic E-state index is -0.439. The lowest BCUT2D eigenvalue weighted by Gasteiger charge is -2.06. The molecule has 0 atom stereocenters. The molecule has 1 aromatic carbocycles. The van der Waals surface area contributed by atoms with Crippen LogP contribution in [0.25, 0.3) is 11.4 Å². The summed E-state index contributed by atoms with van der Waals surface area (Å²) >= 11 is 0. The van der Waals surface area contributed by atoms with E-state index >= 15 is 0 Å². The lowest BCUT2D eigenvalue weighted by atomic mass is 10.2. The van der Waals surface area contributed by atoms with Gasteiger partial charge in [0.25, 0.3) is 5.91 Å². The monoisotopic (exact) mass is 282 g/mol. The fraction of sp³-hybridized carbons (Fsp3) is 0. The number of H-pyrrole nitrogens is 1. The molecule has 0 bridgehead atoms. The Labute approximate surface area is 118 Å². The van der Waals surface area contributed by atoms with E-state index in [4.69, 9.17) is 5.73 Å². The predicted octanol–water partition coefficient (Wildman–Crippen LogP) is 0.491. The number of hydrogen-bond acceptors (Lipinski definition) is 7. The molecule has 104 valence electrons. The van der Waals surface area contributed by atoms with Crippen molar-refractivity contribution >= 4 is 17.4 Å². The number of nitrogens with one attached hydrogen (secondary N) is 2. The number of benzene rings is 1. The number of hydrogen-bond donors (Lipinski definition) is 3. The molecule has 0 spiro atoms. The molecule has 9 heteroatoms. The molecule has 0 saturated carbocycles. The molecule has 3 rings (SSSR count). The van der Waals surface area contributed by atoms with Crippen LogP contribution in [0.15, 0.2) is 36.7 Å². The van der Waals surface area contributed by atoms with E-state index in [0.29, 0.717) is 17.1 Å². The van der Waals surface area contributed by atoms with E-state index in [-0.39, 0.29) is 11.5 Å². The van der Waals surface area contributed by atoms with Gasteiger partial charge in [-0.1, -0.05) is 12.1 Å². The second-order valence-electron chi connectivity index (χ2n) is 4.06. The van der Waals surface area contributed by atoms with E-state index in [2.05, 4.69) is 35.9 Å². The molecule has 21 heavy (non-hydrogen) atoms. The van der Waals surface area contributed by atoms with Crippen molar-refractivity contribution < 1.29 is 4.79 Å². The Kier molecular flexibility index (Phi) is 3.21. The third kappa shape index (κ3) is 2.66. The number of tetrazole rings is 1. The van der Waals surface area contributed by atoms with Crippen LogP contribution in [0.4, 0.5) is 11.5 Å². The summed E-state index contributed by atoms with van der Waals surface area (Å²) in [4.78, 5) is 19.8. The summed E-state index contributed by atoms with van der Waals surface area (Å²) < 4.78 is 0. The van der Waals surface area contributed by atoms with Crippen molar-refractivity contribution in [1.29, 1.82) is 0 Å². The number of nitrogens with two attached hydrogens (primary N) is 1. The number of carbonyl (C=O) groups excluding carboxylic acids is 1. The van der Waals surface area contributed by atoms with E-state index in [0.717, 1.165) is 0 Å². The average Bonchev–Trinajstić information content (AvgIpc) is 3.02. The van der Waals surface area contributed by atoms with Crippen molar-refractivity contribution in [2.75, 3.05) is 11.1 Å². The van der Waals surface area contributed by atoms with Gasteiger partial charge in [-0.05, 0) is 17.3 Å². The quantitative estimate of drug-likeness (QED) is 0.636. The molecule has 0 unspecified atom stereocenters. The molecule has 1 amide bonds. The molecule has 2 heterocycles. The number of aromatic nitrogens is 6. The van der Waals surface area contributed by atoms with Gasteiger partial charge in [0.15, 0.2) is 11.5 Å². The Morgan fingerprint density at radius 2 is 2.10 bits per heavy atom. The van der Waals surface area contributed by atoms with Crippen LogP contribution in [0.2, 0.25) is 0 Å². The molecular formula is C12H10N8O. The number of nitrogens with zero attached hydrogens (tertiary/aromatic N) is 5. The number of aromatic amines is 1. The van der Waals surface area contributed by atoms with Gasteiger partial charge in [-0.25, -0.2) is 9.97 Å². The highest BCUT2D eigenvalue weighted by Crippen LogP contribution is 2.19. The Morgan fingerprint density at radius 1 is 1.24 bits per heavy atom. The number of amides is 1. The van der Waals surface area contributed by atoms with Gasteiger partial charge < -0.3 is 11.1 Å². The first-order chi connectivity index (χ1) is 10.2. The molecule has 0 radical (unpaired) electrons. The third-order valence-corrected chi connectivity index (χ3v) is 2.67. The van der Waals surface area contributed by atoms with Crippen LogP contribution in [0.1, 0.15) is 10.5 Å². The van der Waals surface area contributed by atoms with Gasteiger partial charge in [-0.2, -0.15) is 5.21 Å². The third-order valence-electron chi connectivity index (χ3n) is 2.67. The van der Waals surface area contributed by atoms with E-state index in [1.165, 1.54) is 12.4 Å². The zero-order valence-electron chi connectivity index (χ0n) is 10.7. The van der Waals surface area contributed by atoms with Gasteiger partial charge in [-0.15, -0.1) is 10.2 Å².